The first-order chi connectivity index (χ1) is 12.3. The van der Waals surface area contributed by atoms with Gasteiger partial charge in [0.05, 0.1) is 25.1 Å². The summed E-state index contributed by atoms with van der Waals surface area (Å²) in [6, 6.07) is 4.15. The molecule has 3 rings (SSSR count). The molecule has 0 atom stereocenters. The van der Waals surface area contributed by atoms with E-state index in [1.165, 1.54) is 25.7 Å². The lowest BCUT2D eigenvalue weighted by atomic mass is 10.2. The maximum absolute atomic E-state index is 5.38. The van der Waals surface area contributed by atoms with Gasteiger partial charge in [-0.3, -0.25) is 4.90 Å². The molecule has 25 heavy (non-hydrogen) atoms. The smallest absolute Gasteiger partial charge is 0.170 e. The van der Waals surface area contributed by atoms with Crippen molar-refractivity contribution in [3.8, 4) is 0 Å². The second-order valence-electron chi connectivity index (χ2n) is 6.64. The Labute approximate surface area is 155 Å². The fraction of sp³-hybridized carbons (Fsp3) is 0.667. The van der Waals surface area contributed by atoms with E-state index in [4.69, 9.17) is 17.0 Å². The van der Waals surface area contributed by atoms with Crippen LogP contribution in [0.15, 0.2) is 18.3 Å². The molecule has 2 fully saturated rings. The third kappa shape index (κ3) is 6.09. The highest BCUT2D eigenvalue weighted by Crippen LogP contribution is 2.18. The number of hydrogen-bond donors (Lipinski definition) is 2. The van der Waals surface area contributed by atoms with Gasteiger partial charge < -0.3 is 20.3 Å². The number of anilines is 2. The molecule has 0 saturated carbocycles. The number of aromatic nitrogens is 1. The second kappa shape index (κ2) is 9.89. The van der Waals surface area contributed by atoms with Gasteiger partial charge in [0.2, 0.25) is 0 Å². The van der Waals surface area contributed by atoms with Crippen LogP contribution in [0.3, 0.4) is 0 Å². The third-order valence-electron chi connectivity index (χ3n) is 4.75. The molecule has 0 aliphatic carbocycles. The normalized spacial score (nSPS) is 19.3. The van der Waals surface area contributed by atoms with Crippen LogP contribution in [0.2, 0.25) is 0 Å². The highest BCUT2D eigenvalue weighted by molar-refractivity contribution is 7.80. The van der Waals surface area contributed by atoms with Crippen molar-refractivity contribution in [3.63, 3.8) is 0 Å². The zero-order chi connectivity index (χ0) is 17.3. The number of morpholine rings is 1. The first-order valence-electron chi connectivity index (χ1n) is 9.37. The molecule has 2 aliphatic heterocycles. The summed E-state index contributed by atoms with van der Waals surface area (Å²) in [5.41, 5.74) is 0.933. The molecule has 6 nitrogen and oxygen atoms in total. The van der Waals surface area contributed by atoms with Crippen LogP contribution in [0.1, 0.15) is 25.7 Å². The molecule has 1 aromatic heterocycles. The van der Waals surface area contributed by atoms with Gasteiger partial charge in [-0.25, -0.2) is 4.98 Å². The molecule has 138 valence electrons. The van der Waals surface area contributed by atoms with Gasteiger partial charge in [0.15, 0.2) is 5.11 Å². The Hall–Kier alpha value is -1.44. The Morgan fingerprint density at radius 3 is 2.52 bits per heavy atom. The summed E-state index contributed by atoms with van der Waals surface area (Å²) in [6.07, 6.45) is 7.06. The molecule has 0 bridgehead atoms. The van der Waals surface area contributed by atoms with Gasteiger partial charge >= 0.3 is 0 Å². The maximum atomic E-state index is 5.38. The van der Waals surface area contributed by atoms with Crippen LogP contribution < -0.4 is 15.5 Å². The number of rotatable bonds is 5. The van der Waals surface area contributed by atoms with Crippen LogP contribution in [0.5, 0.6) is 0 Å². The van der Waals surface area contributed by atoms with Gasteiger partial charge in [0, 0.05) is 39.3 Å². The van der Waals surface area contributed by atoms with Crippen LogP contribution in [0, 0.1) is 0 Å². The number of nitrogens with zero attached hydrogens (tertiary/aromatic N) is 3. The van der Waals surface area contributed by atoms with Crippen LogP contribution in [-0.2, 0) is 4.74 Å². The quantitative estimate of drug-likeness (QED) is 0.777. The van der Waals surface area contributed by atoms with Crippen molar-refractivity contribution in [3.05, 3.63) is 18.3 Å². The Morgan fingerprint density at radius 1 is 1.08 bits per heavy atom. The summed E-state index contributed by atoms with van der Waals surface area (Å²) in [5, 5.41) is 7.13. The van der Waals surface area contributed by atoms with Crippen molar-refractivity contribution in [1.82, 2.24) is 15.2 Å². The monoisotopic (exact) mass is 363 g/mol. The first kappa shape index (κ1) is 18.4. The van der Waals surface area contributed by atoms with Gasteiger partial charge in [-0.15, -0.1) is 0 Å². The average Bonchev–Trinajstić information content (AvgIpc) is 2.93. The van der Waals surface area contributed by atoms with E-state index in [1.807, 2.05) is 6.20 Å². The number of thiocarbonyl (C=S) groups is 1. The minimum Gasteiger partial charge on any atom is -0.379 e. The number of ether oxygens (including phenoxy) is 1. The predicted molar refractivity (Wildman–Crippen MR) is 106 cm³/mol. The van der Waals surface area contributed by atoms with Gasteiger partial charge in [-0.05, 0) is 37.2 Å². The standard InChI is InChI=1S/C18H29N5OS/c25-18(19-7-10-22-11-13-24-14-12-22)21-16-5-6-17(20-15-16)23-8-3-1-2-4-9-23/h5-6,15H,1-4,7-14H2,(H2,19,21,25). The van der Waals surface area contributed by atoms with E-state index in [1.54, 1.807) is 0 Å². The van der Waals surface area contributed by atoms with Crippen molar-refractivity contribution in [1.29, 1.82) is 0 Å². The highest BCUT2D eigenvalue weighted by Gasteiger charge is 2.11. The summed E-state index contributed by atoms with van der Waals surface area (Å²) in [7, 11) is 0. The van der Waals surface area contributed by atoms with E-state index in [0.717, 1.165) is 64.0 Å². The molecule has 7 heteroatoms. The molecule has 0 amide bonds. The lowest BCUT2D eigenvalue weighted by molar-refractivity contribution is 0.0389. The molecule has 0 unspecified atom stereocenters. The van der Waals surface area contributed by atoms with Gasteiger partial charge in [0.1, 0.15) is 5.82 Å². The zero-order valence-electron chi connectivity index (χ0n) is 14.9. The van der Waals surface area contributed by atoms with Crippen molar-refractivity contribution in [2.75, 3.05) is 62.7 Å². The van der Waals surface area contributed by atoms with E-state index >= 15 is 0 Å². The third-order valence-corrected chi connectivity index (χ3v) is 5.00. The second-order valence-corrected chi connectivity index (χ2v) is 7.05. The Balaban J connectivity index is 1.40. The van der Waals surface area contributed by atoms with E-state index < -0.39 is 0 Å². The van der Waals surface area contributed by atoms with Crippen LogP contribution in [-0.4, -0.2) is 67.5 Å². The molecule has 2 aliphatic rings. The lowest BCUT2D eigenvalue weighted by Gasteiger charge is -2.26. The Bertz CT molecular complexity index is 525. The van der Waals surface area contributed by atoms with Gasteiger partial charge in [-0.2, -0.15) is 0 Å². The first-order valence-corrected chi connectivity index (χ1v) is 9.78. The molecular weight excluding hydrogens is 334 g/mol. The minimum atomic E-state index is 0.651. The molecule has 2 N–H and O–H groups in total. The summed E-state index contributed by atoms with van der Waals surface area (Å²) in [4.78, 5) is 9.37. The van der Waals surface area contributed by atoms with Crippen LogP contribution in [0.4, 0.5) is 11.5 Å². The molecule has 0 spiro atoms. The summed E-state index contributed by atoms with van der Waals surface area (Å²) >= 11 is 5.38. The highest BCUT2D eigenvalue weighted by atomic mass is 32.1. The maximum Gasteiger partial charge on any atom is 0.170 e. The van der Waals surface area contributed by atoms with Gasteiger partial charge in [-0.1, -0.05) is 12.8 Å². The number of pyridine rings is 1. The summed E-state index contributed by atoms with van der Waals surface area (Å²) in [6.45, 7) is 7.72. The SMILES string of the molecule is S=C(NCCN1CCOCC1)Nc1ccc(N2CCCCCC2)nc1. The van der Waals surface area contributed by atoms with Crippen LogP contribution in [0.25, 0.3) is 0 Å². The number of nitrogens with one attached hydrogen (secondary N) is 2. The van der Waals surface area contributed by atoms with Crippen LogP contribution >= 0.6 is 12.2 Å². The van der Waals surface area contributed by atoms with Crippen molar-refractivity contribution >= 4 is 28.8 Å². The summed E-state index contributed by atoms with van der Waals surface area (Å²) < 4.78 is 5.36. The molecule has 3 heterocycles. The molecule has 2 saturated heterocycles. The molecule has 1 aromatic rings. The van der Waals surface area contributed by atoms with Crippen molar-refractivity contribution in [2.45, 2.75) is 25.7 Å². The lowest BCUT2D eigenvalue weighted by Crippen LogP contribution is -2.42. The fourth-order valence-electron chi connectivity index (χ4n) is 3.27. The van der Waals surface area contributed by atoms with Gasteiger partial charge in [0.25, 0.3) is 0 Å². The van der Waals surface area contributed by atoms with E-state index in [2.05, 4.69) is 37.6 Å². The predicted octanol–water partition coefficient (Wildman–Crippen LogP) is 2.08. The largest absolute Gasteiger partial charge is 0.379 e. The molecule has 0 radical (unpaired) electrons. The Morgan fingerprint density at radius 2 is 1.84 bits per heavy atom. The fourth-order valence-corrected chi connectivity index (χ4v) is 3.49. The summed E-state index contributed by atoms with van der Waals surface area (Å²) in [5.74, 6) is 1.07. The minimum absolute atomic E-state index is 0.651. The van der Waals surface area contributed by atoms with E-state index in [9.17, 15) is 0 Å². The van der Waals surface area contributed by atoms with Crippen molar-refractivity contribution in [2.24, 2.45) is 0 Å². The number of hydrogen-bond acceptors (Lipinski definition) is 5. The zero-order valence-corrected chi connectivity index (χ0v) is 15.7. The van der Waals surface area contributed by atoms with E-state index in [0.29, 0.717) is 5.11 Å². The topological polar surface area (TPSA) is 52.7 Å². The Kier molecular flexibility index (Phi) is 7.26. The molecular formula is C18H29N5OS. The van der Waals surface area contributed by atoms with E-state index in [-0.39, 0.29) is 0 Å². The van der Waals surface area contributed by atoms with Crippen molar-refractivity contribution < 1.29 is 4.74 Å². The average molecular weight is 364 g/mol. The molecule has 0 aromatic carbocycles.